The molecular weight excluding hydrogens is 248 g/mol. The van der Waals surface area contributed by atoms with Crippen molar-refractivity contribution in [3.8, 4) is 0 Å². The van der Waals surface area contributed by atoms with Crippen molar-refractivity contribution >= 4 is 5.91 Å². The summed E-state index contributed by atoms with van der Waals surface area (Å²) >= 11 is 0. The molecule has 2 N–H and O–H groups in total. The molecule has 0 radical (unpaired) electrons. The highest BCUT2D eigenvalue weighted by Crippen LogP contribution is 2.30. The maximum atomic E-state index is 12.8. The number of hydrogen-bond acceptors (Lipinski definition) is 2. The van der Waals surface area contributed by atoms with Gasteiger partial charge in [-0.3, -0.25) is 4.79 Å². The largest absolute Gasteiger partial charge is 0.342 e. The van der Waals surface area contributed by atoms with E-state index in [4.69, 9.17) is 5.73 Å². The molecule has 2 atom stereocenters. The Kier molecular flexibility index (Phi) is 6.34. The molecule has 2 aliphatic rings. The van der Waals surface area contributed by atoms with Crippen LogP contribution in [0.15, 0.2) is 0 Å². The summed E-state index contributed by atoms with van der Waals surface area (Å²) in [5, 5.41) is 0. The Labute approximate surface area is 124 Å². The molecule has 0 heterocycles. The smallest absolute Gasteiger partial charge is 0.225 e. The molecule has 1 amide bonds. The third-order valence-electron chi connectivity index (χ3n) is 5.47. The highest BCUT2D eigenvalue weighted by atomic mass is 16.2. The van der Waals surface area contributed by atoms with Gasteiger partial charge < -0.3 is 10.6 Å². The van der Waals surface area contributed by atoms with E-state index < -0.39 is 0 Å². The minimum Gasteiger partial charge on any atom is -0.342 e. The zero-order valence-electron chi connectivity index (χ0n) is 13.2. The maximum absolute atomic E-state index is 12.8. The average Bonchev–Trinajstić information content (AvgIpc) is 2.45. The number of hydrogen-bond donors (Lipinski definition) is 1. The average molecular weight is 280 g/mol. The van der Waals surface area contributed by atoms with Crippen LogP contribution >= 0.6 is 0 Å². The third-order valence-corrected chi connectivity index (χ3v) is 5.47. The Morgan fingerprint density at radius 3 is 2.15 bits per heavy atom. The van der Waals surface area contributed by atoms with E-state index in [2.05, 4.69) is 4.90 Å². The van der Waals surface area contributed by atoms with Crippen molar-refractivity contribution in [3.05, 3.63) is 0 Å². The van der Waals surface area contributed by atoms with Crippen LogP contribution in [0.1, 0.15) is 70.6 Å². The first kappa shape index (κ1) is 15.8. The first-order valence-corrected chi connectivity index (χ1v) is 8.70. The predicted molar refractivity (Wildman–Crippen MR) is 83.4 cm³/mol. The second-order valence-electron chi connectivity index (χ2n) is 6.84. The van der Waals surface area contributed by atoms with Gasteiger partial charge in [0.1, 0.15) is 0 Å². The van der Waals surface area contributed by atoms with Crippen LogP contribution in [-0.4, -0.2) is 30.4 Å². The van der Waals surface area contributed by atoms with Gasteiger partial charge in [-0.15, -0.1) is 0 Å². The zero-order valence-corrected chi connectivity index (χ0v) is 13.2. The lowest BCUT2D eigenvalue weighted by atomic mass is 9.82. The fourth-order valence-electron chi connectivity index (χ4n) is 4.13. The Hall–Kier alpha value is -0.570. The van der Waals surface area contributed by atoms with Crippen LogP contribution in [0.5, 0.6) is 0 Å². The molecule has 0 aromatic heterocycles. The molecule has 3 heteroatoms. The van der Waals surface area contributed by atoms with Crippen LogP contribution in [0.4, 0.5) is 0 Å². The Morgan fingerprint density at radius 1 is 0.950 bits per heavy atom. The number of nitrogens with two attached hydrogens (primary N) is 1. The summed E-state index contributed by atoms with van der Waals surface area (Å²) < 4.78 is 0. The van der Waals surface area contributed by atoms with Gasteiger partial charge in [-0.1, -0.05) is 44.9 Å². The Morgan fingerprint density at radius 2 is 1.50 bits per heavy atom. The normalized spacial score (nSPS) is 29.5. The van der Waals surface area contributed by atoms with Gasteiger partial charge in [0.05, 0.1) is 0 Å². The molecule has 2 rings (SSSR count). The van der Waals surface area contributed by atoms with Gasteiger partial charge in [-0.25, -0.2) is 0 Å². The summed E-state index contributed by atoms with van der Waals surface area (Å²) in [6.07, 6.45) is 13.5. The lowest BCUT2D eigenvalue weighted by Crippen LogP contribution is -2.48. The molecule has 0 aliphatic heterocycles. The van der Waals surface area contributed by atoms with Crippen molar-refractivity contribution in [1.82, 2.24) is 4.90 Å². The molecule has 2 saturated carbocycles. The molecule has 0 saturated heterocycles. The molecule has 116 valence electrons. The first-order chi connectivity index (χ1) is 9.74. The molecule has 20 heavy (non-hydrogen) atoms. The standard InChI is InChI=1S/C17H32N2O/c1-19(16-12-8-7-11-15(16)13-18)17(20)14-9-5-3-2-4-6-10-14/h14-16H,2-13,18H2,1H3. The van der Waals surface area contributed by atoms with E-state index >= 15 is 0 Å². The van der Waals surface area contributed by atoms with E-state index in [1.165, 1.54) is 51.4 Å². The Balaban J connectivity index is 1.94. The van der Waals surface area contributed by atoms with E-state index in [0.717, 1.165) is 25.8 Å². The van der Waals surface area contributed by atoms with E-state index in [-0.39, 0.29) is 5.92 Å². The minimum atomic E-state index is 0.278. The maximum Gasteiger partial charge on any atom is 0.225 e. The molecular formula is C17H32N2O. The van der Waals surface area contributed by atoms with Crippen molar-refractivity contribution in [1.29, 1.82) is 0 Å². The summed E-state index contributed by atoms with van der Waals surface area (Å²) in [4.78, 5) is 14.9. The third kappa shape index (κ3) is 3.97. The van der Waals surface area contributed by atoms with E-state index in [9.17, 15) is 4.79 Å². The molecule has 2 unspecified atom stereocenters. The molecule has 0 aromatic carbocycles. The van der Waals surface area contributed by atoms with Crippen LogP contribution in [0.25, 0.3) is 0 Å². The van der Waals surface area contributed by atoms with Gasteiger partial charge in [0.25, 0.3) is 0 Å². The highest BCUT2D eigenvalue weighted by molar-refractivity contribution is 5.79. The number of amides is 1. The molecule has 2 fully saturated rings. The van der Waals surface area contributed by atoms with E-state index in [0.29, 0.717) is 17.9 Å². The van der Waals surface area contributed by atoms with Gasteiger partial charge in [-0.05, 0) is 38.1 Å². The fraction of sp³-hybridized carbons (Fsp3) is 0.941. The molecule has 0 bridgehead atoms. The quantitative estimate of drug-likeness (QED) is 0.862. The monoisotopic (exact) mass is 280 g/mol. The predicted octanol–water partition coefficient (Wildman–Crippen LogP) is 3.32. The number of carbonyl (C=O) groups excluding carboxylic acids is 1. The molecule has 0 aromatic rings. The molecule has 3 nitrogen and oxygen atoms in total. The fourth-order valence-corrected chi connectivity index (χ4v) is 4.13. The summed E-state index contributed by atoms with van der Waals surface area (Å²) in [6, 6.07) is 0.395. The molecule has 2 aliphatic carbocycles. The van der Waals surface area contributed by atoms with Crippen molar-refractivity contribution in [2.45, 2.75) is 76.7 Å². The van der Waals surface area contributed by atoms with Crippen LogP contribution in [-0.2, 0) is 4.79 Å². The van der Waals surface area contributed by atoms with Crippen molar-refractivity contribution in [2.24, 2.45) is 17.6 Å². The van der Waals surface area contributed by atoms with Gasteiger partial charge in [0, 0.05) is 19.0 Å². The van der Waals surface area contributed by atoms with Crippen LogP contribution in [0.3, 0.4) is 0 Å². The summed E-state index contributed by atoms with van der Waals surface area (Å²) in [5.74, 6) is 1.20. The number of rotatable bonds is 3. The Bertz CT molecular complexity index is 297. The SMILES string of the molecule is CN(C(=O)C1CCCCCCC1)C1CCCCC1CN. The van der Waals surface area contributed by atoms with Gasteiger partial charge in [0.15, 0.2) is 0 Å². The minimum absolute atomic E-state index is 0.278. The van der Waals surface area contributed by atoms with Gasteiger partial charge >= 0.3 is 0 Å². The first-order valence-electron chi connectivity index (χ1n) is 8.70. The van der Waals surface area contributed by atoms with Crippen LogP contribution < -0.4 is 5.73 Å². The summed E-state index contributed by atoms with van der Waals surface area (Å²) in [5.41, 5.74) is 5.92. The second kappa shape index (κ2) is 8.02. The number of carbonyl (C=O) groups is 1. The van der Waals surface area contributed by atoms with Crippen molar-refractivity contribution < 1.29 is 4.79 Å². The van der Waals surface area contributed by atoms with E-state index in [1.54, 1.807) is 0 Å². The van der Waals surface area contributed by atoms with Gasteiger partial charge in [-0.2, -0.15) is 0 Å². The zero-order chi connectivity index (χ0) is 14.4. The lowest BCUT2D eigenvalue weighted by molar-refractivity contribution is -0.138. The van der Waals surface area contributed by atoms with E-state index in [1.807, 2.05) is 7.05 Å². The number of nitrogens with zero attached hydrogens (tertiary/aromatic N) is 1. The van der Waals surface area contributed by atoms with Crippen LogP contribution in [0.2, 0.25) is 0 Å². The summed E-state index contributed by atoms with van der Waals surface area (Å²) in [7, 11) is 2.03. The van der Waals surface area contributed by atoms with Crippen molar-refractivity contribution in [3.63, 3.8) is 0 Å². The topological polar surface area (TPSA) is 46.3 Å². The second-order valence-corrected chi connectivity index (χ2v) is 6.84. The van der Waals surface area contributed by atoms with Gasteiger partial charge in [0.2, 0.25) is 5.91 Å². The lowest BCUT2D eigenvalue weighted by Gasteiger charge is -2.39. The molecule has 0 spiro atoms. The van der Waals surface area contributed by atoms with Crippen LogP contribution in [0, 0.1) is 11.8 Å². The summed E-state index contributed by atoms with van der Waals surface area (Å²) in [6.45, 7) is 0.729. The van der Waals surface area contributed by atoms with Crippen molar-refractivity contribution in [2.75, 3.05) is 13.6 Å². The highest BCUT2D eigenvalue weighted by Gasteiger charge is 2.32.